The Hall–Kier alpha value is -2.41. The van der Waals surface area contributed by atoms with E-state index in [1.165, 1.54) is 31.7 Å². The van der Waals surface area contributed by atoms with Crippen LogP contribution in [0.2, 0.25) is 0 Å². The van der Waals surface area contributed by atoms with Crippen LogP contribution >= 0.6 is 0 Å². The van der Waals surface area contributed by atoms with Crippen molar-refractivity contribution >= 4 is 28.7 Å². The number of ether oxygens (including phenoxy) is 1. The fraction of sp³-hybridized carbons (Fsp3) is 0.0556. The van der Waals surface area contributed by atoms with Gasteiger partial charge in [-0.2, -0.15) is 0 Å². The number of nitrogens with one attached hydrogen (secondary N) is 1. The Balaban J connectivity index is 0.00000225. The van der Waals surface area contributed by atoms with Crippen molar-refractivity contribution in [1.29, 1.82) is 0 Å². The molecule has 7 heteroatoms. The van der Waals surface area contributed by atoms with Crippen molar-refractivity contribution in [3.63, 3.8) is 0 Å². The number of benzene rings is 1. The first-order chi connectivity index (χ1) is 11.6. The van der Waals surface area contributed by atoms with E-state index in [0.717, 1.165) is 0 Å². The number of carbonyl (C=O) groups is 2. The number of carbonyl (C=O) groups excluding carboxylic acids is 2. The van der Waals surface area contributed by atoms with E-state index in [9.17, 15) is 14.7 Å². The van der Waals surface area contributed by atoms with Crippen LogP contribution in [0, 0.1) is 0 Å². The van der Waals surface area contributed by atoms with Crippen molar-refractivity contribution in [2.45, 2.75) is 0 Å². The first kappa shape index (κ1) is 18.9. The maximum atomic E-state index is 12.2. The number of aromatic nitrogens is 2. The monoisotopic (exact) mass is 344 g/mol. The van der Waals surface area contributed by atoms with E-state index in [2.05, 4.69) is 9.97 Å². The minimum Gasteiger partial charge on any atom is -0.543 e. The molecule has 0 saturated carbocycles. The molecule has 3 rings (SSSR count). The Labute approximate surface area is 165 Å². The van der Waals surface area contributed by atoms with Gasteiger partial charge in [-0.1, -0.05) is 0 Å². The van der Waals surface area contributed by atoms with Crippen LogP contribution in [0.25, 0.3) is 17.0 Å². The number of carboxylic acid groups (broad SMARTS) is 1. The van der Waals surface area contributed by atoms with Gasteiger partial charge in [-0.05, 0) is 42.5 Å². The largest absolute Gasteiger partial charge is 1.00 e. The molecule has 2 heterocycles. The summed E-state index contributed by atoms with van der Waals surface area (Å²) in [5, 5.41) is 12.0. The molecule has 1 aromatic carbocycles. The Morgan fingerprint density at radius 3 is 2.56 bits per heavy atom. The fourth-order valence-electron chi connectivity index (χ4n) is 2.42. The number of aromatic carboxylic acids is 1. The molecule has 0 spiro atoms. The molecule has 0 aliphatic heterocycles. The summed E-state index contributed by atoms with van der Waals surface area (Å²) < 4.78 is 5.17. The third kappa shape index (κ3) is 3.99. The van der Waals surface area contributed by atoms with Crippen LogP contribution in [0.15, 0.2) is 48.8 Å². The van der Waals surface area contributed by atoms with E-state index in [4.69, 9.17) is 4.74 Å². The van der Waals surface area contributed by atoms with Crippen molar-refractivity contribution in [3.8, 4) is 5.75 Å². The smallest absolute Gasteiger partial charge is 0.543 e. The summed E-state index contributed by atoms with van der Waals surface area (Å²) in [7, 11) is 1.52. The number of pyridine rings is 1. The van der Waals surface area contributed by atoms with Crippen molar-refractivity contribution in [3.05, 3.63) is 65.6 Å². The van der Waals surface area contributed by atoms with Crippen molar-refractivity contribution in [2.24, 2.45) is 0 Å². The number of allylic oxidation sites excluding steroid dienone is 1. The zero-order valence-electron chi connectivity index (χ0n) is 13.8. The third-order valence-electron chi connectivity index (χ3n) is 3.62. The molecule has 0 fully saturated rings. The number of carboxylic acids is 1. The van der Waals surface area contributed by atoms with Crippen LogP contribution in [0.1, 0.15) is 26.4 Å². The second-order valence-electron chi connectivity index (χ2n) is 5.05. The first-order valence-corrected chi connectivity index (χ1v) is 7.13. The Kier molecular flexibility index (Phi) is 6.14. The fourth-order valence-corrected chi connectivity index (χ4v) is 2.42. The average molecular weight is 344 g/mol. The number of fused-ring (bicyclic) bond motifs is 1. The zero-order valence-corrected chi connectivity index (χ0v) is 15.8. The molecule has 0 unspecified atom stereocenters. The van der Waals surface area contributed by atoms with Gasteiger partial charge < -0.3 is 19.6 Å². The van der Waals surface area contributed by atoms with Crippen LogP contribution < -0.4 is 39.4 Å². The molecule has 1 N–H and O–H groups in total. The van der Waals surface area contributed by atoms with Crippen LogP contribution in [-0.4, -0.2) is 28.8 Å². The predicted octanol–water partition coefficient (Wildman–Crippen LogP) is -1.16. The standard InChI is InChI=1S/C18H14N2O4.Na/c1-24-12-2-4-15-14(10-12)13(17(20-15)18(22)23)3-5-16(21)11-6-8-19-9-7-11;/h2-10,20H,1H3,(H,22,23);/q;+1/p-1/b5-3+;. The van der Waals surface area contributed by atoms with Crippen molar-refractivity contribution in [2.75, 3.05) is 7.11 Å². The summed E-state index contributed by atoms with van der Waals surface area (Å²) in [6, 6.07) is 8.31. The number of aromatic amines is 1. The minimum absolute atomic E-state index is 0. The normalized spacial score (nSPS) is 10.6. The van der Waals surface area contributed by atoms with Crippen LogP contribution in [-0.2, 0) is 0 Å². The molecule has 3 aromatic rings. The molecular formula is C18H13N2NaO4. The van der Waals surface area contributed by atoms with Crippen LogP contribution in [0.3, 0.4) is 0 Å². The zero-order chi connectivity index (χ0) is 17.1. The van der Waals surface area contributed by atoms with Gasteiger partial charge in [0.1, 0.15) is 5.75 Å². The molecule has 2 aromatic heterocycles. The maximum absolute atomic E-state index is 12.2. The first-order valence-electron chi connectivity index (χ1n) is 7.13. The van der Waals surface area contributed by atoms with Crippen LogP contribution in [0.4, 0.5) is 0 Å². The molecule has 6 nitrogen and oxygen atoms in total. The summed E-state index contributed by atoms with van der Waals surface area (Å²) in [6.07, 6.45) is 5.82. The van der Waals surface area contributed by atoms with Crippen LogP contribution in [0.5, 0.6) is 5.75 Å². The number of nitrogens with zero attached hydrogens (tertiary/aromatic N) is 1. The summed E-state index contributed by atoms with van der Waals surface area (Å²) in [5.41, 5.74) is 1.36. The van der Waals surface area contributed by atoms with E-state index in [1.54, 1.807) is 30.3 Å². The molecule has 0 radical (unpaired) electrons. The van der Waals surface area contributed by atoms with Gasteiger partial charge in [0, 0.05) is 34.4 Å². The van der Waals surface area contributed by atoms with E-state index in [1.807, 2.05) is 0 Å². The molecule has 0 bridgehead atoms. The molecule has 0 atom stereocenters. The van der Waals surface area contributed by atoms with Gasteiger partial charge in [-0.3, -0.25) is 9.78 Å². The molecule has 0 amide bonds. The molecule has 0 aliphatic carbocycles. The second kappa shape index (κ2) is 8.11. The molecule has 0 aliphatic rings. The average Bonchev–Trinajstić information content (AvgIpc) is 2.98. The number of H-pyrrole nitrogens is 1. The maximum Gasteiger partial charge on any atom is 1.00 e. The Morgan fingerprint density at radius 1 is 1.20 bits per heavy atom. The number of hydrogen-bond acceptors (Lipinski definition) is 5. The van der Waals surface area contributed by atoms with Gasteiger partial charge in [0.05, 0.1) is 18.8 Å². The van der Waals surface area contributed by atoms with Gasteiger partial charge in [0.2, 0.25) is 0 Å². The summed E-state index contributed by atoms with van der Waals surface area (Å²) >= 11 is 0. The summed E-state index contributed by atoms with van der Waals surface area (Å²) in [4.78, 5) is 30.2. The Morgan fingerprint density at radius 2 is 1.92 bits per heavy atom. The number of ketones is 1. The predicted molar refractivity (Wildman–Crippen MR) is 86.8 cm³/mol. The number of methoxy groups -OCH3 is 1. The van der Waals surface area contributed by atoms with Gasteiger partial charge in [0.25, 0.3) is 0 Å². The molecular weight excluding hydrogens is 331 g/mol. The van der Waals surface area contributed by atoms with E-state index < -0.39 is 5.97 Å². The van der Waals surface area contributed by atoms with E-state index in [0.29, 0.717) is 27.8 Å². The minimum atomic E-state index is -1.35. The van der Waals surface area contributed by atoms with Gasteiger partial charge in [0.15, 0.2) is 5.78 Å². The Bertz CT molecular complexity index is 948. The molecule has 120 valence electrons. The van der Waals surface area contributed by atoms with Gasteiger partial charge in [-0.25, -0.2) is 0 Å². The summed E-state index contributed by atoms with van der Waals surface area (Å²) in [5.74, 6) is -1.01. The van der Waals surface area contributed by atoms with E-state index in [-0.39, 0.29) is 41.0 Å². The SMILES string of the molecule is COc1ccc2[nH]c(C(=O)[O-])c(/C=C/C(=O)c3ccncc3)c2c1.[Na+]. The quantitative estimate of drug-likeness (QED) is 0.358. The molecule has 25 heavy (non-hydrogen) atoms. The molecule has 0 saturated heterocycles. The van der Waals surface area contributed by atoms with Gasteiger partial charge in [-0.15, -0.1) is 0 Å². The number of rotatable bonds is 5. The summed E-state index contributed by atoms with van der Waals surface area (Å²) in [6.45, 7) is 0. The van der Waals surface area contributed by atoms with Gasteiger partial charge >= 0.3 is 29.6 Å². The number of hydrogen-bond donors (Lipinski definition) is 1. The van der Waals surface area contributed by atoms with Crippen molar-refractivity contribution in [1.82, 2.24) is 9.97 Å². The van der Waals surface area contributed by atoms with Crippen molar-refractivity contribution < 1.29 is 49.0 Å². The third-order valence-corrected chi connectivity index (χ3v) is 3.62. The topological polar surface area (TPSA) is 95.1 Å². The van der Waals surface area contributed by atoms with E-state index >= 15 is 0 Å². The second-order valence-corrected chi connectivity index (χ2v) is 5.05.